The molecule has 0 amide bonds. The number of quaternary nitrogens is 1. The number of hydrogen-bond donors (Lipinski definition) is 3. The van der Waals surface area contributed by atoms with E-state index in [1.807, 2.05) is 23.6 Å². The molecule has 5 rings (SSSR count). The summed E-state index contributed by atoms with van der Waals surface area (Å²) in [6.07, 6.45) is 8.18. The average Bonchev–Trinajstić information content (AvgIpc) is 3.27. The minimum Gasteiger partial charge on any atom is -0.364 e. The number of aromatic nitrogens is 2. The molecule has 1 fully saturated rings. The van der Waals surface area contributed by atoms with Gasteiger partial charge in [-0.25, -0.2) is 10.9 Å². The number of rotatable bonds is 4. The van der Waals surface area contributed by atoms with Crippen molar-refractivity contribution in [3.63, 3.8) is 0 Å². The van der Waals surface area contributed by atoms with Crippen LogP contribution in [0.1, 0.15) is 55.3 Å². The number of benzene rings is 1. The van der Waals surface area contributed by atoms with E-state index in [0.29, 0.717) is 28.4 Å². The molecule has 1 aliphatic carbocycles. The van der Waals surface area contributed by atoms with Crippen LogP contribution in [-0.2, 0) is 6.54 Å². The lowest BCUT2D eigenvalue weighted by molar-refractivity contribution is -0.621. The highest BCUT2D eigenvalue weighted by Crippen LogP contribution is 2.31. The third-order valence-corrected chi connectivity index (χ3v) is 6.58. The van der Waals surface area contributed by atoms with Gasteiger partial charge in [0.1, 0.15) is 0 Å². The highest BCUT2D eigenvalue weighted by molar-refractivity contribution is 6.33. The standard InChI is InChI=1S/C21H24Cl2N6O/c22-15-6-7-16(23)14(10-15)12-29-9-8-24-20-18(29)11-17(26-27-20)21-25-19(28-30-21)13-4-2-1-3-5-13/h6-7,10-11,13,24,26-27H,1-5,8-9,12H2/p+1. The van der Waals surface area contributed by atoms with Crippen LogP contribution in [0.2, 0.25) is 10.0 Å². The Kier molecular flexibility index (Phi) is 5.58. The molecule has 30 heavy (non-hydrogen) atoms. The molecule has 7 nitrogen and oxygen atoms in total. The SMILES string of the molecule is Clc1ccc(Cl)c(CN2CCNC3=C2C=C(c2nc(C4CCCCC4)no2)[NH2+]N3)c1. The van der Waals surface area contributed by atoms with Gasteiger partial charge in [-0.05, 0) is 36.6 Å². The predicted octanol–water partition coefficient (Wildman–Crippen LogP) is 3.12. The molecule has 0 unspecified atom stereocenters. The van der Waals surface area contributed by atoms with Crippen molar-refractivity contribution in [2.45, 2.75) is 44.6 Å². The highest BCUT2D eigenvalue weighted by atomic mass is 35.5. The van der Waals surface area contributed by atoms with Crippen LogP contribution in [-0.4, -0.2) is 28.1 Å². The van der Waals surface area contributed by atoms with Crippen LogP contribution >= 0.6 is 23.2 Å². The smallest absolute Gasteiger partial charge is 0.314 e. The number of nitrogens with zero attached hydrogens (tertiary/aromatic N) is 3. The second-order valence-electron chi connectivity index (χ2n) is 8.03. The zero-order valence-electron chi connectivity index (χ0n) is 16.6. The first-order valence-electron chi connectivity index (χ1n) is 10.5. The van der Waals surface area contributed by atoms with Gasteiger partial charge in [-0.1, -0.05) is 47.6 Å². The Balaban J connectivity index is 1.39. The normalized spacial score (nSPS) is 19.8. The van der Waals surface area contributed by atoms with Crippen molar-refractivity contribution in [3.8, 4) is 0 Å². The van der Waals surface area contributed by atoms with Crippen LogP contribution in [0, 0.1) is 0 Å². The lowest BCUT2D eigenvalue weighted by atomic mass is 9.89. The van der Waals surface area contributed by atoms with E-state index in [0.717, 1.165) is 54.5 Å². The summed E-state index contributed by atoms with van der Waals surface area (Å²) in [5, 5.41) is 9.09. The van der Waals surface area contributed by atoms with Gasteiger partial charge in [-0.2, -0.15) is 4.98 Å². The molecule has 0 saturated heterocycles. The monoisotopic (exact) mass is 447 g/mol. The first-order valence-corrected chi connectivity index (χ1v) is 11.3. The van der Waals surface area contributed by atoms with Gasteiger partial charge < -0.3 is 14.7 Å². The van der Waals surface area contributed by atoms with Crippen LogP contribution in [0.5, 0.6) is 0 Å². The molecular formula is C21H25Cl2N6O+. The quantitative estimate of drug-likeness (QED) is 0.624. The van der Waals surface area contributed by atoms with E-state index in [2.05, 4.69) is 26.9 Å². The molecule has 2 aliphatic heterocycles. The van der Waals surface area contributed by atoms with Crippen molar-refractivity contribution in [3.05, 3.63) is 63.1 Å². The van der Waals surface area contributed by atoms with E-state index >= 15 is 0 Å². The molecular weight excluding hydrogens is 423 g/mol. The van der Waals surface area contributed by atoms with Crippen LogP contribution in [0.3, 0.4) is 0 Å². The number of halogens is 2. The molecule has 1 aromatic heterocycles. The van der Waals surface area contributed by atoms with Crippen LogP contribution in [0.4, 0.5) is 0 Å². The number of nitrogens with two attached hydrogens (primary N) is 1. The lowest BCUT2D eigenvalue weighted by Crippen LogP contribution is -2.92. The zero-order chi connectivity index (χ0) is 20.5. The topological polar surface area (TPSA) is 82.8 Å². The van der Waals surface area contributed by atoms with Crippen molar-refractivity contribution in [2.24, 2.45) is 0 Å². The first-order chi connectivity index (χ1) is 14.7. The minimum atomic E-state index is 0.418. The number of nitrogens with one attached hydrogen (secondary N) is 2. The van der Waals surface area contributed by atoms with Crippen molar-refractivity contribution in [1.82, 2.24) is 25.8 Å². The van der Waals surface area contributed by atoms with Gasteiger partial charge in [0, 0.05) is 41.7 Å². The van der Waals surface area contributed by atoms with Crippen molar-refractivity contribution < 1.29 is 9.95 Å². The van der Waals surface area contributed by atoms with E-state index in [1.54, 1.807) is 0 Å². The van der Waals surface area contributed by atoms with Crippen LogP contribution in [0.15, 0.2) is 40.3 Å². The summed E-state index contributed by atoms with van der Waals surface area (Å²) in [5.74, 6) is 2.78. The van der Waals surface area contributed by atoms with Crippen molar-refractivity contribution in [1.29, 1.82) is 0 Å². The lowest BCUT2D eigenvalue weighted by Gasteiger charge is -2.34. The third-order valence-electron chi connectivity index (χ3n) is 5.97. The van der Waals surface area contributed by atoms with Gasteiger partial charge >= 0.3 is 5.89 Å². The maximum Gasteiger partial charge on any atom is 0.314 e. The van der Waals surface area contributed by atoms with Gasteiger partial charge in [-0.3, -0.25) is 0 Å². The Bertz CT molecular complexity index is 995. The molecule has 9 heteroatoms. The largest absolute Gasteiger partial charge is 0.364 e. The third kappa shape index (κ3) is 4.02. The van der Waals surface area contributed by atoms with E-state index in [-0.39, 0.29) is 0 Å². The molecule has 1 saturated carbocycles. The second kappa shape index (κ2) is 8.49. The van der Waals surface area contributed by atoms with E-state index in [1.165, 1.54) is 19.3 Å². The summed E-state index contributed by atoms with van der Waals surface area (Å²) in [6, 6.07) is 5.58. The van der Waals surface area contributed by atoms with Gasteiger partial charge in [0.2, 0.25) is 5.70 Å². The molecule has 0 bridgehead atoms. The second-order valence-corrected chi connectivity index (χ2v) is 8.87. The van der Waals surface area contributed by atoms with Crippen molar-refractivity contribution >= 4 is 28.9 Å². The van der Waals surface area contributed by atoms with E-state index < -0.39 is 0 Å². The van der Waals surface area contributed by atoms with Crippen molar-refractivity contribution in [2.75, 3.05) is 13.1 Å². The molecule has 4 N–H and O–H groups in total. The summed E-state index contributed by atoms with van der Waals surface area (Å²) in [6.45, 7) is 2.36. The fraction of sp³-hybridized carbons (Fsp3) is 0.429. The van der Waals surface area contributed by atoms with E-state index in [4.69, 9.17) is 32.7 Å². The summed E-state index contributed by atoms with van der Waals surface area (Å²) < 4.78 is 5.62. The Hall–Kier alpha value is -2.22. The fourth-order valence-corrected chi connectivity index (χ4v) is 4.72. The summed E-state index contributed by atoms with van der Waals surface area (Å²) in [5.41, 5.74) is 8.20. The van der Waals surface area contributed by atoms with Crippen LogP contribution < -0.4 is 16.2 Å². The summed E-state index contributed by atoms with van der Waals surface area (Å²) in [7, 11) is 0. The van der Waals surface area contributed by atoms with Gasteiger partial charge in [0.25, 0.3) is 0 Å². The highest BCUT2D eigenvalue weighted by Gasteiger charge is 2.29. The summed E-state index contributed by atoms with van der Waals surface area (Å²) >= 11 is 12.6. The zero-order valence-corrected chi connectivity index (χ0v) is 18.1. The average molecular weight is 448 g/mol. The van der Waals surface area contributed by atoms with Gasteiger partial charge in [0.15, 0.2) is 11.6 Å². The summed E-state index contributed by atoms with van der Waals surface area (Å²) in [4.78, 5) is 6.99. The molecule has 2 aromatic rings. The molecule has 3 aliphatic rings. The number of hydrogen-bond acceptors (Lipinski definition) is 6. The predicted molar refractivity (Wildman–Crippen MR) is 115 cm³/mol. The molecule has 0 spiro atoms. The Labute approximate surface area is 185 Å². The Morgan fingerprint density at radius 3 is 2.93 bits per heavy atom. The molecule has 3 heterocycles. The van der Waals surface area contributed by atoms with Gasteiger partial charge in [0.05, 0.1) is 5.70 Å². The maximum atomic E-state index is 6.40. The number of allylic oxidation sites excluding steroid dienone is 1. The first kappa shape index (κ1) is 19.7. The Morgan fingerprint density at radius 2 is 2.07 bits per heavy atom. The van der Waals surface area contributed by atoms with Gasteiger partial charge in [-0.15, -0.1) is 0 Å². The fourth-order valence-electron chi connectivity index (χ4n) is 4.35. The molecule has 158 valence electrons. The molecule has 0 atom stereocenters. The minimum absolute atomic E-state index is 0.418. The molecule has 0 radical (unpaired) electrons. The maximum absolute atomic E-state index is 6.40. The van der Waals surface area contributed by atoms with E-state index in [9.17, 15) is 0 Å². The Morgan fingerprint density at radius 1 is 1.20 bits per heavy atom. The molecule has 1 aromatic carbocycles. The van der Waals surface area contributed by atoms with Crippen LogP contribution in [0.25, 0.3) is 5.70 Å².